The van der Waals surface area contributed by atoms with Crippen molar-refractivity contribution in [1.29, 1.82) is 0 Å². The molecule has 1 amide bonds. The summed E-state index contributed by atoms with van der Waals surface area (Å²) in [6.45, 7) is 2.33. The number of carbonyl (C=O) groups excluding carboxylic acids is 1. The molecule has 0 aromatic carbocycles. The van der Waals surface area contributed by atoms with E-state index in [0.29, 0.717) is 29.1 Å². The second kappa shape index (κ2) is 9.89. The van der Waals surface area contributed by atoms with Crippen LogP contribution >= 0.6 is 0 Å². The van der Waals surface area contributed by atoms with E-state index >= 15 is 0 Å². The number of pyridine rings is 2. The maximum absolute atomic E-state index is 13.9. The SMILES string of the molecule is CNNC(=O)[C@@H]1C[C@@H](O)[C@H](n2cnc3c(NCc4cc(C)ccn4)nc(-c4cncc(F)c4)nc32)O1. The molecule has 0 unspecified atom stereocenters. The van der Waals surface area contributed by atoms with Crippen molar-refractivity contribution in [2.75, 3.05) is 12.4 Å². The second-order valence-corrected chi connectivity index (χ2v) is 8.35. The normalized spacial score (nSPS) is 19.5. The standard InChI is InChI=1S/C23H24FN9O3/c1-12-3-4-27-15(5-12)10-28-20-18-21(31-19(30-20)13-6-14(24)9-26-8-13)33(11-29-18)23-16(34)7-17(36-23)22(35)32-25-2/h3-6,8-9,11,16-17,23,25,34H,7,10H2,1-2H3,(H,32,35)(H,28,30,31)/t16-,17+,23-/m1/s1. The quantitative estimate of drug-likeness (QED) is 0.277. The van der Waals surface area contributed by atoms with Gasteiger partial charge in [0.15, 0.2) is 29.0 Å². The molecule has 4 N–H and O–H groups in total. The highest BCUT2D eigenvalue weighted by Gasteiger charge is 2.40. The van der Waals surface area contributed by atoms with Crippen molar-refractivity contribution in [3.8, 4) is 11.4 Å². The highest BCUT2D eigenvalue weighted by molar-refractivity contribution is 5.85. The summed E-state index contributed by atoms with van der Waals surface area (Å²) in [5.74, 6) is -0.347. The summed E-state index contributed by atoms with van der Waals surface area (Å²) in [5.41, 5.74) is 7.98. The van der Waals surface area contributed by atoms with Crippen molar-refractivity contribution < 1.29 is 19.0 Å². The van der Waals surface area contributed by atoms with Crippen LogP contribution in [0.25, 0.3) is 22.6 Å². The molecule has 1 aliphatic heterocycles. The Labute approximate surface area is 205 Å². The number of carbonyl (C=O) groups is 1. The lowest BCUT2D eigenvalue weighted by Crippen LogP contribution is -2.41. The number of rotatable bonds is 7. The minimum Gasteiger partial charge on any atom is -0.388 e. The van der Waals surface area contributed by atoms with Crippen LogP contribution in [-0.2, 0) is 16.1 Å². The van der Waals surface area contributed by atoms with Crippen LogP contribution in [0.1, 0.15) is 23.9 Å². The first kappa shape index (κ1) is 23.7. The number of aliphatic hydroxyl groups is 1. The molecule has 0 radical (unpaired) electrons. The molecule has 186 valence electrons. The molecule has 5 rings (SSSR count). The Bertz CT molecular complexity index is 1410. The monoisotopic (exact) mass is 493 g/mol. The van der Waals surface area contributed by atoms with Gasteiger partial charge in [-0.25, -0.2) is 24.8 Å². The molecule has 4 aromatic heterocycles. The van der Waals surface area contributed by atoms with Gasteiger partial charge in [-0.1, -0.05) is 0 Å². The maximum atomic E-state index is 13.9. The van der Waals surface area contributed by atoms with Gasteiger partial charge in [0.05, 0.1) is 24.8 Å². The van der Waals surface area contributed by atoms with Gasteiger partial charge in [0, 0.05) is 31.4 Å². The lowest BCUT2D eigenvalue weighted by molar-refractivity contribution is -0.135. The van der Waals surface area contributed by atoms with Gasteiger partial charge in [0.2, 0.25) is 0 Å². The van der Waals surface area contributed by atoms with E-state index in [-0.39, 0.29) is 12.2 Å². The van der Waals surface area contributed by atoms with Crippen LogP contribution < -0.4 is 16.2 Å². The van der Waals surface area contributed by atoms with Gasteiger partial charge in [-0.3, -0.25) is 24.8 Å². The van der Waals surface area contributed by atoms with Crippen LogP contribution in [0, 0.1) is 12.7 Å². The van der Waals surface area contributed by atoms with Crippen molar-refractivity contribution in [3.05, 3.63) is 60.2 Å². The largest absolute Gasteiger partial charge is 0.388 e. The molecule has 0 spiro atoms. The molecular formula is C23H24FN9O3. The van der Waals surface area contributed by atoms with E-state index in [1.54, 1.807) is 17.8 Å². The first-order chi connectivity index (χ1) is 17.4. The average molecular weight is 494 g/mol. The average Bonchev–Trinajstić information content (AvgIpc) is 3.46. The van der Waals surface area contributed by atoms with Crippen LogP contribution in [0.15, 0.2) is 43.1 Å². The number of amides is 1. The molecular weight excluding hydrogens is 469 g/mol. The van der Waals surface area contributed by atoms with Crippen molar-refractivity contribution in [2.45, 2.75) is 38.3 Å². The molecule has 13 heteroatoms. The predicted octanol–water partition coefficient (Wildman–Crippen LogP) is 1.24. The molecule has 0 aliphatic carbocycles. The third-order valence-corrected chi connectivity index (χ3v) is 5.70. The Morgan fingerprint density at radius 2 is 2.14 bits per heavy atom. The Kier molecular flexibility index (Phi) is 6.50. The fourth-order valence-corrected chi connectivity index (χ4v) is 4.03. The van der Waals surface area contributed by atoms with E-state index in [0.717, 1.165) is 17.5 Å². The van der Waals surface area contributed by atoms with Crippen molar-refractivity contribution in [3.63, 3.8) is 0 Å². The Balaban J connectivity index is 1.54. The van der Waals surface area contributed by atoms with Crippen LogP contribution in [0.4, 0.5) is 10.2 Å². The van der Waals surface area contributed by atoms with E-state index in [4.69, 9.17) is 4.74 Å². The minimum absolute atomic E-state index is 0.0910. The number of nitrogens with one attached hydrogen (secondary N) is 3. The number of hydrogen-bond donors (Lipinski definition) is 4. The van der Waals surface area contributed by atoms with Gasteiger partial charge in [-0.15, -0.1) is 0 Å². The number of halogens is 1. The first-order valence-corrected chi connectivity index (χ1v) is 11.2. The number of aliphatic hydroxyl groups excluding tert-OH is 1. The Hall–Kier alpha value is -4.07. The number of aryl methyl sites for hydroxylation is 1. The summed E-state index contributed by atoms with van der Waals surface area (Å²) in [5, 5.41) is 13.9. The van der Waals surface area contributed by atoms with Gasteiger partial charge in [-0.05, 0) is 30.7 Å². The van der Waals surface area contributed by atoms with Crippen molar-refractivity contribution in [2.24, 2.45) is 0 Å². The number of aromatic nitrogens is 6. The zero-order valence-electron chi connectivity index (χ0n) is 19.5. The maximum Gasteiger partial charge on any atom is 0.263 e. The predicted molar refractivity (Wildman–Crippen MR) is 127 cm³/mol. The van der Waals surface area contributed by atoms with Gasteiger partial charge in [-0.2, -0.15) is 0 Å². The number of nitrogens with zero attached hydrogens (tertiary/aromatic N) is 6. The summed E-state index contributed by atoms with van der Waals surface area (Å²) in [4.78, 5) is 34.1. The van der Waals surface area contributed by atoms with Gasteiger partial charge in [0.1, 0.15) is 18.0 Å². The summed E-state index contributed by atoms with van der Waals surface area (Å²) >= 11 is 0. The number of imidazole rings is 1. The molecule has 36 heavy (non-hydrogen) atoms. The number of ether oxygens (including phenoxy) is 1. The third-order valence-electron chi connectivity index (χ3n) is 5.70. The molecule has 3 atom stereocenters. The zero-order valence-corrected chi connectivity index (χ0v) is 19.5. The summed E-state index contributed by atoms with van der Waals surface area (Å²) < 4.78 is 21.3. The molecule has 12 nitrogen and oxygen atoms in total. The molecule has 1 fully saturated rings. The Morgan fingerprint density at radius 1 is 1.28 bits per heavy atom. The van der Waals surface area contributed by atoms with E-state index in [9.17, 15) is 14.3 Å². The van der Waals surface area contributed by atoms with E-state index in [1.165, 1.54) is 18.6 Å². The number of fused-ring (bicyclic) bond motifs is 1. The topological polar surface area (TPSA) is 152 Å². The molecule has 5 heterocycles. The molecule has 1 aliphatic rings. The lowest BCUT2D eigenvalue weighted by Gasteiger charge is -2.17. The minimum atomic E-state index is -0.989. The second-order valence-electron chi connectivity index (χ2n) is 8.35. The van der Waals surface area contributed by atoms with Crippen LogP contribution in [0.2, 0.25) is 0 Å². The Morgan fingerprint density at radius 3 is 2.92 bits per heavy atom. The van der Waals surface area contributed by atoms with E-state index in [2.05, 4.69) is 41.1 Å². The molecule has 4 aromatic rings. The first-order valence-electron chi connectivity index (χ1n) is 11.2. The van der Waals surface area contributed by atoms with Gasteiger partial charge in [0.25, 0.3) is 5.91 Å². The zero-order chi connectivity index (χ0) is 25.2. The smallest absolute Gasteiger partial charge is 0.263 e. The van der Waals surface area contributed by atoms with Crippen LogP contribution in [0.5, 0.6) is 0 Å². The van der Waals surface area contributed by atoms with Crippen LogP contribution in [-0.4, -0.2) is 59.8 Å². The van der Waals surface area contributed by atoms with Crippen molar-refractivity contribution >= 4 is 22.9 Å². The van der Waals surface area contributed by atoms with E-state index in [1.807, 2.05) is 19.1 Å². The summed E-state index contributed by atoms with van der Waals surface area (Å²) in [6.07, 6.45) is 3.06. The number of anilines is 1. The third kappa shape index (κ3) is 4.71. The summed E-state index contributed by atoms with van der Waals surface area (Å²) in [7, 11) is 1.56. The molecule has 0 saturated carbocycles. The van der Waals surface area contributed by atoms with Gasteiger partial charge >= 0.3 is 0 Å². The molecule has 1 saturated heterocycles. The van der Waals surface area contributed by atoms with Gasteiger partial charge < -0.3 is 15.2 Å². The number of hydrazine groups is 1. The lowest BCUT2D eigenvalue weighted by atomic mass is 10.2. The fourth-order valence-electron chi connectivity index (χ4n) is 4.03. The van der Waals surface area contributed by atoms with Crippen molar-refractivity contribution in [1.82, 2.24) is 40.3 Å². The highest BCUT2D eigenvalue weighted by atomic mass is 19.1. The molecule has 0 bridgehead atoms. The highest BCUT2D eigenvalue weighted by Crippen LogP contribution is 2.33. The fraction of sp³-hybridized carbons (Fsp3) is 0.304. The summed E-state index contributed by atoms with van der Waals surface area (Å²) in [6, 6.07) is 5.13. The van der Waals surface area contributed by atoms with Crippen LogP contribution in [0.3, 0.4) is 0 Å². The van der Waals surface area contributed by atoms with E-state index < -0.39 is 30.2 Å². The number of hydrogen-bond acceptors (Lipinski definition) is 10.